The molecule has 0 radical (unpaired) electrons. The van der Waals surface area contributed by atoms with E-state index in [2.05, 4.69) is 11.9 Å². The van der Waals surface area contributed by atoms with E-state index in [0.29, 0.717) is 11.1 Å². The molecule has 0 aliphatic rings. The van der Waals surface area contributed by atoms with Gasteiger partial charge in [-0.05, 0) is 6.07 Å². The molecule has 3 nitrogen and oxygen atoms in total. The maximum absolute atomic E-state index is 11.3. The van der Waals surface area contributed by atoms with Crippen molar-refractivity contribution in [2.24, 2.45) is 0 Å². The molecule has 0 bridgehead atoms. The van der Waals surface area contributed by atoms with Crippen molar-refractivity contribution in [2.75, 3.05) is 7.05 Å². The van der Waals surface area contributed by atoms with Crippen LogP contribution in [0.2, 0.25) is 0 Å². The van der Waals surface area contributed by atoms with Crippen LogP contribution in [0.25, 0.3) is 5.76 Å². The largest absolute Gasteiger partial charge is 0.508 e. The molecule has 0 heterocycles. The van der Waals surface area contributed by atoms with Crippen molar-refractivity contribution in [1.29, 1.82) is 0 Å². The fourth-order valence-electron chi connectivity index (χ4n) is 1.07. The lowest BCUT2D eigenvalue weighted by atomic mass is 10.1. The average Bonchev–Trinajstić information content (AvgIpc) is 2.16. The number of hydrogen-bond donors (Lipinski definition) is 2. The Kier molecular flexibility index (Phi) is 2.69. The third-order valence-corrected chi connectivity index (χ3v) is 1.71. The first-order valence-corrected chi connectivity index (χ1v) is 3.86. The van der Waals surface area contributed by atoms with Gasteiger partial charge in [-0.2, -0.15) is 0 Å². The molecule has 1 rings (SSSR count). The van der Waals surface area contributed by atoms with Crippen LogP contribution in [0, 0.1) is 0 Å². The smallest absolute Gasteiger partial charge is 0.251 e. The molecule has 3 heteroatoms. The van der Waals surface area contributed by atoms with E-state index in [-0.39, 0.29) is 11.7 Å². The zero-order chi connectivity index (χ0) is 9.84. The second-order valence-electron chi connectivity index (χ2n) is 2.57. The Morgan fingerprint density at radius 1 is 1.38 bits per heavy atom. The number of benzene rings is 1. The molecule has 0 saturated carbocycles. The Hall–Kier alpha value is -1.77. The van der Waals surface area contributed by atoms with Crippen molar-refractivity contribution < 1.29 is 9.90 Å². The molecule has 2 N–H and O–H groups in total. The van der Waals surface area contributed by atoms with Gasteiger partial charge in [-0.1, -0.05) is 24.8 Å². The van der Waals surface area contributed by atoms with Gasteiger partial charge in [-0.15, -0.1) is 0 Å². The molecule has 0 spiro atoms. The first-order chi connectivity index (χ1) is 6.16. The topological polar surface area (TPSA) is 49.3 Å². The van der Waals surface area contributed by atoms with Crippen LogP contribution in [0.1, 0.15) is 15.9 Å². The zero-order valence-electron chi connectivity index (χ0n) is 7.37. The van der Waals surface area contributed by atoms with Gasteiger partial charge < -0.3 is 10.4 Å². The van der Waals surface area contributed by atoms with E-state index in [0.717, 1.165) is 0 Å². The Bertz CT molecular complexity index is 345. The molecule has 13 heavy (non-hydrogen) atoms. The molecule has 0 atom stereocenters. The lowest BCUT2D eigenvalue weighted by Gasteiger charge is -2.05. The predicted octanol–water partition coefficient (Wildman–Crippen LogP) is 1.57. The Morgan fingerprint density at radius 3 is 2.38 bits per heavy atom. The highest BCUT2D eigenvalue weighted by Gasteiger charge is 2.09. The molecule has 0 unspecified atom stereocenters. The van der Waals surface area contributed by atoms with Crippen molar-refractivity contribution >= 4 is 11.7 Å². The van der Waals surface area contributed by atoms with Crippen LogP contribution in [0.3, 0.4) is 0 Å². The van der Waals surface area contributed by atoms with Gasteiger partial charge in [-0.3, -0.25) is 4.79 Å². The summed E-state index contributed by atoms with van der Waals surface area (Å²) < 4.78 is 0. The van der Waals surface area contributed by atoms with E-state index in [4.69, 9.17) is 0 Å². The number of aliphatic hydroxyl groups is 1. The van der Waals surface area contributed by atoms with Crippen LogP contribution in [-0.2, 0) is 0 Å². The van der Waals surface area contributed by atoms with Crippen LogP contribution < -0.4 is 5.32 Å². The summed E-state index contributed by atoms with van der Waals surface area (Å²) in [5.74, 6) is -0.329. The van der Waals surface area contributed by atoms with Crippen LogP contribution in [0.4, 0.5) is 0 Å². The number of carbonyl (C=O) groups excluding carboxylic acids is 1. The summed E-state index contributed by atoms with van der Waals surface area (Å²) in [5, 5.41) is 11.7. The summed E-state index contributed by atoms with van der Waals surface area (Å²) >= 11 is 0. The monoisotopic (exact) mass is 177 g/mol. The van der Waals surface area contributed by atoms with Crippen molar-refractivity contribution in [3.8, 4) is 0 Å². The molecular weight excluding hydrogens is 166 g/mol. The van der Waals surface area contributed by atoms with Crippen LogP contribution >= 0.6 is 0 Å². The highest BCUT2D eigenvalue weighted by Crippen LogP contribution is 2.14. The van der Waals surface area contributed by atoms with Gasteiger partial charge in [0.15, 0.2) is 0 Å². The van der Waals surface area contributed by atoms with Gasteiger partial charge in [0.2, 0.25) is 0 Å². The quantitative estimate of drug-likeness (QED) is 0.674. The third kappa shape index (κ3) is 1.87. The molecule has 0 aliphatic carbocycles. The molecule has 1 aromatic rings. The van der Waals surface area contributed by atoms with E-state index < -0.39 is 0 Å². The van der Waals surface area contributed by atoms with Crippen molar-refractivity contribution in [3.63, 3.8) is 0 Å². The van der Waals surface area contributed by atoms with E-state index >= 15 is 0 Å². The highest BCUT2D eigenvalue weighted by atomic mass is 16.3. The molecule has 1 aromatic carbocycles. The summed E-state index contributed by atoms with van der Waals surface area (Å²) in [5.41, 5.74) is 0.888. The summed E-state index contributed by atoms with van der Waals surface area (Å²) in [6.07, 6.45) is 0. The lowest BCUT2D eigenvalue weighted by molar-refractivity contribution is 0.0962. The van der Waals surface area contributed by atoms with Crippen LogP contribution in [0.5, 0.6) is 0 Å². The van der Waals surface area contributed by atoms with Crippen molar-refractivity contribution in [3.05, 3.63) is 42.0 Å². The molecule has 68 valence electrons. The number of nitrogens with one attached hydrogen (secondary N) is 1. The van der Waals surface area contributed by atoms with E-state index in [1.807, 2.05) is 0 Å². The molecular formula is C10H11NO2. The summed E-state index contributed by atoms with van der Waals surface area (Å²) in [6.45, 7) is 3.38. The minimum Gasteiger partial charge on any atom is -0.508 e. The predicted molar refractivity (Wildman–Crippen MR) is 51.5 cm³/mol. The van der Waals surface area contributed by atoms with Crippen molar-refractivity contribution in [1.82, 2.24) is 5.32 Å². The van der Waals surface area contributed by atoms with Gasteiger partial charge >= 0.3 is 0 Å². The van der Waals surface area contributed by atoms with Gasteiger partial charge in [0.1, 0.15) is 5.76 Å². The van der Waals surface area contributed by atoms with Crippen LogP contribution in [-0.4, -0.2) is 18.1 Å². The molecule has 0 saturated heterocycles. The van der Waals surface area contributed by atoms with Gasteiger partial charge in [0.05, 0.1) is 5.56 Å². The van der Waals surface area contributed by atoms with E-state index in [9.17, 15) is 9.90 Å². The first kappa shape index (κ1) is 9.32. The van der Waals surface area contributed by atoms with Gasteiger partial charge in [0.25, 0.3) is 5.91 Å². The number of amides is 1. The zero-order valence-corrected chi connectivity index (χ0v) is 7.37. The third-order valence-electron chi connectivity index (χ3n) is 1.71. The highest BCUT2D eigenvalue weighted by molar-refractivity contribution is 5.98. The standard InChI is InChI=1S/C10H11NO2/c1-7(12)8-5-3-4-6-9(8)10(13)11-2/h3-6,12H,1H2,2H3,(H,11,13). The number of hydrogen-bond acceptors (Lipinski definition) is 2. The molecule has 1 amide bonds. The summed E-state index contributed by atoms with van der Waals surface area (Å²) in [7, 11) is 1.54. The second-order valence-corrected chi connectivity index (χ2v) is 2.57. The lowest BCUT2D eigenvalue weighted by Crippen LogP contribution is -2.19. The molecule has 0 fully saturated rings. The summed E-state index contributed by atoms with van der Waals surface area (Å²) in [4.78, 5) is 11.3. The first-order valence-electron chi connectivity index (χ1n) is 3.86. The maximum Gasteiger partial charge on any atom is 0.251 e. The maximum atomic E-state index is 11.3. The molecule has 0 aliphatic heterocycles. The Labute approximate surface area is 76.7 Å². The summed E-state index contributed by atoms with van der Waals surface area (Å²) in [6, 6.07) is 6.75. The minimum absolute atomic E-state index is 0.0980. The number of carbonyl (C=O) groups is 1. The molecule has 0 aromatic heterocycles. The van der Waals surface area contributed by atoms with E-state index in [1.165, 1.54) is 0 Å². The second kappa shape index (κ2) is 3.76. The fourth-order valence-corrected chi connectivity index (χ4v) is 1.07. The van der Waals surface area contributed by atoms with Crippen LogP contribution in [0.15, 0.2) is 30.8 Å². The van der Waals surface area contributed by atoms with Gasteiger partial charge in [-0.25, -0.2) is 0 Å². The fraction of sp³-hybridized carbons (Fsp3) is 0.100. The minimum atomic E-state index is -0.231. The SMILES string of the molecule is C=C(O)c1ccccc1C(=O)NC. The number of aliphatic hydroxyl groups excluding tert-OH is 1. The van der Waals surface area contributed by atoms with Crippen molar-refractivity contribution in [2.45, 2.75) is 0 Å². The Morgan fingerprint density at radius 2 is 1.92 bits per heavy atom. The normalized spacial score (nSPS) is 9.31. The van der Waals surface area contributed by atoms with E-state index in [1.54, 1.807) is 31.3 Å². The average molecular weight is 177 g/mol. The Balaban J connectivity index is 3.19. The number of rotatable bonds is 2. The van der Waals surface area contributed by atoms with Gasteiger partial charge in [0, 0.05) is 12.6 Å².